The van der Waals surface area contributed by atoms with Crippen LogP contribution in [0.5, 0.6) is 0 Å². The van der Waals surface area contributed by atoms with Gasteiger partial charge in [-0.25, -0.2) is 0 Å². The van der Waals surface area contributed by atoms with Crippen LogP contribution in [-0.2, 0) is 20.2 Å². The molecule has 10 N–H and O–H groups in total. The number of thioether (sulfide) groups is 2. The summed E-state index contributed by atoms with van der Waals surface area (Å²) in [6.45, 7) is 0. The molecule has 18 heteroatoms. The monoisotopic (exact) mass is 774 g/mol. The summed E-state index contributed by atoms with van der Waals surface area (Å²) in [6, 6.07) is 23.7. The molecule has 0 amide bonds. The molecule has 6 aromatic carbocycles. The van der Waals surface area contributed by atoms with Gasteiger partial charge in [-0.15, -0.1) is 44.0 Å². The average molecular weight is 775 g/mol. The van der Waals surface area contributed by atoms with Crippen molar-refractivity contribution in [3.8, 4) is 11.1 Å². The molecule has 52 heavy (non-hydrogen) atoms. The van der Waals surface area contributed by atoms with E-state index in [9.17, 15) is 25.9 Å². The molecule has 0 fully saturated rings. The Bertz CT molecular complexity index is 2540. The highest BCUT2D eigenvalue weighted by molar-refractivity contribution is 7.99. The Hall–Kier alpha value is -5.24. The first kappa shape index (κ1) is 36.5. The minimum absolute atomic E-state index is 0.0850. The van der Waals surface area contributed by atoms with Crippen LogP contribution in [0.1, 0.15) is 0 Å². The molecule has 0 aliphatic heterocycles. The number of azo groups is 2. The van der Waals surface area contributed by atoms with E-state index in [1.165, 1.54) is 35.7 Å². The first-order chi connectivity index (χ1) is 24.6. The molecule has 0 aliphatic rings. The first-order valence-corrected chi connectivity index (χ1v) is 20.3. The van der Waals surface area contributed by atoms with Crippen LogP contribution in [0.15, 0.2) is 125 Å². The molecule has 0 bridgehead atoms. The van der Waals surface area contributed by atoms with Crippen LogP contribution in [-0.4, -0.2) is 38.5 Å². The number of anilines is 4. The zero-order chi connectivity index (χ0) is 37.5. The third-order valence-electron chi connectivity index (χ3n) is 8.16. The Kier molecular flexibility index (Phi) is 9.88. The number of hydrogen-bond donors (Lipinski definition) is 6. The summed E-state index contributed by atoms with van der Waals surface area (Å²) < 4.78 is 69.0. The van der Waals surface area contributed by atoms with Crippen molar-refractivity contribution < 1.29 is 25.9 Å². The molecule has 14 nitrogen and oxygen atoms in total. The van der Waals surface area contributed by atoms with E-state index in [1.54, 1.807) is 48.5 Å². The largest absolute Gasteiger partial charge is 0.396 e. The summed E-state index contributed by atoms with van der Waals surface area (Å²) in [5.74, 6) is 0. The van der Waals surface area contributed by atoms with E-state index in [-0.39, 0.29) is 44.9 Å². The standard InChI is InChI=1S/C34H30N8O6S4/c1-49-25-15-17(11-13-23(25)39-41-31-27(35)19-7-3-5-9-21(19)33(29(31)37)51(43,44)45)18-12-14-24(26(16-18)50-2)40-42-32-28(36)20-8-4-6-10-22(20)34(30(32)38)52(46,47)48/h3-16H,35-38H2,1-2H3,(H,43,44,45)(H,46,47,48)/b41-39+,42-40+. The van der Waals surface area contributed by atoms with Crippen LogP contribution >= 0.6 is 23.5 Å². The van der Waals surface area contributed by atoms with E-state index in [1.807, 2.05) is 36.8 Å². The Morgan fingerprint density at radius 2 is 0.846 bits per heavy atom. The summed E-state index contributed by atoms with van der Waals surface area (Å²) in [6.07, 6.45) is 3.73. The normalized spacial score (nSPS) is 12.5. The van der Waals surface area contributed by atoms with E-state index < -0.39 is 30.0 Å². The van der Waals surface area contributed by atoms with Gasteiger partial charge in [-0.05, 0) is 47.9 Å². The van der Waals surface area contributed by atoms with Crippen molar-refractivity contribution >= 4 is 111 Å². The summed E-state index contributed by atoms with van der Waals surface area (Å²) in [5, 5.41) is 18.2. The number of benzene rings is 6. The first-order valence-electron chi connectivity index (χ1n) is 15.0. The van der Waals surface area contributed by atoms with Crippen LogP contribution in [0.2, 0.25) is 0 Å². The highest BCUT2D eigenvalue weighted by Gasteiger charge is 2.25. The van der Waals surface area contributed by atoms with E-state index in [4.69, 9.17) is 22.9 Å². The predicted molar refractivity (Wildman–Crippen MR) is 209 cm³/mol. The second-order valence-electron chi connectivity index (χ2n) is 11.2. The van der Waals surface area contributed by atoms with E-state index >= 15 is 0 Å². The second-order valence-corrected chi connectivity index (χ2v) is 15.6. The molecule has 0 saturated carbocycles. The van der Waals surface area contributed by atoms with Crippen molar-refractivity contribution in [2.24, 2.45) is 20.5 Å². The molecule has 0 unspecified atom stereocenters. The van der Waals surface area contributed by atoms with Crippen LogP contribution in [0.4, 0.5) is 45.5 Å². The SMILES string of the molecule is CSc1cc(-c2ccc(/N=N/c3c(N)c(S(=O)(=O)O)c4ccccc4c3N)c(SC)c2)ccc1/N=N/c1c(N)c(S(=O)(=O)O)c2ccccc2c1N. The van der Waals surface area contributed by atoms with Crippen molar-refractivity contribution in [1.29, 1.82) is 0 Å². The van der Waals surface area contributed by atoms with Crippen LogP contribution in [0.3, 0.4) is 0 Å². The van der Waals surface area contributed by atoms with Gasteiger partial charge in [-0.1, -0.05) is 60.7 Å². The second kappa shape index (κ2) is 14.1. The molecule has 0 radical (unpaired) electrons. The van der Waals surface area contributed by atoms with Gasteiger partial charge in [-0.3, -0.25) is 9.11 Å². The lowest BCUT2D eigenvalue weighted by atomic mass is 10.0. The zero-order valence-corrected chi connectivity index (χ0v) is 30.6. The minimum Gasteiger partial charge on any atom is -0.396 e. The molecule has 0 heterocycles. The maximum absolute atomic E-state index is 12.3. The number of fused-ring (bicyclic) bond motifs is 2. The maximum Gasteiger partial charge on any atom is 0.297 e. The maximum atomic E-state index is 12.3. The molecule has 266 valence electrons. The highest BCUT2D eigenvalue weighted by Crippen LogP contribution is 2.46. The number of nitrogens with zero attached hydrogens (tertiary/aromatic N) is 4. The minimum atomic E-state index is -4.72. The van der Waals surface area contributed by atoms with Crippen molar-refractivity contribution in [1.82, 2.24) is 0 Å². The number of rotatable bonds is 9. The van der Waals surface area contributed by atoms with Gasteiger partial charge in [0.15, 0.2) is 0 Å². The van der Waals surface area contributed by atoms with Gasteiger partial charge in [0.2, 0.25) is 0 Å². The fraction of sp³-hybridized carbons (Fsp3) is 0.0588. The average Bonchev–Trinajstić information content (AvgIpc) is 3.10. The quantitative estimate of drug-likeness (QED) is 0.0348. The molecular formula is C34H30N8O6S4. The summed E-state index contributed by atoms with van der Waals surface area (Å²) in [7, 11) is -9.44. The lowest BCUT2D eigenvalue weighted by Crippen LogP contribution is -2.06. The van der Waals surface area contributed by atoms with Gasteiger partial charge in [0.25, 0.3) is 20.2 Å². The topological polar surface area (TPSA) is 262 Å². The van der Waals surface area contributed by atoms with Gasteiger partial charge in [0, 0.05) is 31.3 Å². The summed E-state index contributed by atoms with van der Waals surface area (Å²) in [4.78, 5) is 0.485. The van der Waals surface area contributed by atoms with E-state index in [0.29, 0.717) is 22.1 Å². The Morgan fingerprint density at radius 1 is 0.500 bits per heavy atom. The van der Waals surface area contributed by atoms with Gasteiger partial charge in [0.1, 0.15) is 21.2 Å². The number of hydrogen-bond acceptors (Lipinski definition) is 14. The van der Waals surface area contributed by atoms with Crippen molar-refractivity contribution in [3.05, 3.63) is 84.9 Å². The number of nitrogen functional groups attached to an aromatic ring is 4. The number of nitrogens with two attached hydrogens (primary N) is 4. The summed E-state index contributed by atoms with van der Waals surface area (Å²) in [5.41, 5.74) is 27.0. The highest BCUT2D eigenvalue weighted by atomic mass is 32.2. The fourth-order valence-electron chi connectivity index (χ4n) is 5.74. The van der Waals surface area contributed by atoms with Gasteiger partial charge in [0.05, 0.1) is 34.1 Å². The molecule has 0 aliphatic carbocycles. The molecule has 6 rings (SSSR count). The zero-order valence-electron chi connectivity index (χ0n) is 27.3. The summed E-state index contributed by atoms with van der Waals surface area (Å²) >= 11 is 2.82. The van der Waals surface area contributed by atoms with Crippen molar-refractivity contribution in [2.45, 2.75) is 19.6 Å². The van der Waals surface area contributed by atoms with Crippen LogP contribution in [0, 0.1) is 0 Å². The van der Waals surface area contributed by atoms with Crippen molar-refractivity contribution in [3.63, 3.8) is 0 Å². The molecule has 0 atom stereocenters. The fourth-order valence-corrected chi connectivity index (χ4v) is 8.53. The molecule has 0 saturated heterocycles. The van der Waals surface area contributed by atoms with Crippen molar-refractivity contribution in [2.75, 3.05) is 35.4 Å². The third-order valence-corrected chi connectivity index (χ3v) is 11.6. The lowest BCUT2D eigenvalue weighted by molar-refractivity contribution is 0.482. The van der Waals surface area contributed by atoms with E-state index in [0.717, 1.165) is 20.9 Å². The molecule has 0 spiro atoms. The third kappa shape index (κ3) is 6.74. The van der Waals surface area contributed by atoms with Crippen LogP contribution in [0.25, 0.3) is 32.7 Å². The van der Waals surface area contributed by atoms with Gasteiger partial charge < -0.3 is 22.9 Å². The molecule has 6 aromatic rings. The molecule has 0 aromatic heterocycles. The predicted octanol–water partition coefficient (Wildman–Crippen LogP) is 8.76. The van der Waals surface area contributed by atoms with Crippen LogP contribution < -0.4 is 22.9 Å². The molecular weight excluding hydrogens is 745 g/mol. The Labute approximate surface area is 306 Å². The Morgan fingerprint density at radius 3 is 1.17 bits per heavy atom. The van der Waals surface area contributed by atoms with Gasteiger partial charge >= 0.3 is 0 Å². The van der Waals surface area contributed by atoms with Gasteiger partial charge in [-0.2, -0.15) is 16.8 Å². The Balaban J connectivity index is 1.35. The smallest absolute Gasteiger partial charge is 0.297 e. The van der Waals surface area contributed by atoms with E-state index in [2.05, 4.69) is 20.5 Å². The lowest BCUT2D eigenvalue weighted by Gasteiger charge is -2.13.